The van der Waals surface area contributed by atoms with Gasteiger partial charge in [-0.3, -0.25) is 0 Å². The average Bonchev–Trinajstić information content (AvgIpc) is 2.68. The molecule has 0 unspecified atom stereocenters. The van der Waals surface area contributed by atoms with Gasteiger partial charge in [0, 0.05) is 0 Å². The van der Waals surface area contributed by atoms with Gasteiger partial charge in [0.15, 0.2) is 0 Å². The molecule has 12 heteroatoms. The van der Waals surface area contributed by atoms with E-state index in [2.05, 4.69) is 75.9 Å². The summed E-state index contributed by atoms with van der Waals surface area (Å²) >= 11 is 0. The van der Waals surface area contributed by atoms with Gasteiger partial charge in [0.2, 0.25) is 0 Å². The Kier molecular flexibility index (Phi) is 374. The molecule has 0 atom stereocenters. The Hall–Kier alpha value is 1.50. The van der Waals surface area contributed by atoms with Crippen molar-refractivity contribution < 1.29 is 109 Å². The van der Waals surface area contributed by atoms with Crippen LogP contribution in [0.3, 0.4) is 0 Å². The monoisotopic (exact) mass is 570 g/mol. The summed E-state index contributed by atoms with van der Waals surface area (Å²) in [5.41, 5.74) is 21.6. The topological polar surface area (TPSA) is 166 Å². The Morgan fingerprint density at radius 1 is 0.267 bits per heavy atom. The Labute approximate surface area is 227 Å². The lowest BCUT2D eigenvalue weighted by Crippen LogP contribution is -3.00. The van der Waals surface area contributed by atoms with Crippen molar-refractivity contribution in [2.45, 2.75) is 80.1 Å². The van der Waals surface area contributed by atoms with Gasteiger partial charge in [-0.15, -0.1) is 0 Å². The zero-order valence-electron chi connectivity index (χ0n) is 21.0. The molecule has 0 aliphatic rings. The van der Waals surface area contributed by atoms with Gasteiger partial charge < -0.3 is 109 Å². The van der Waals surface area contributed by atoms with Gasteiger partial charge in [-0.25, -0.2) is 0 Å². The van der Waals surface area contributed by atoms with E-state index in [0.29, 0.717) is 0 Å². The summed E-state index contributed by atoms with van der Waals surface area (Å²) in [5.74, 6) is 0. The number of rotatable bonds is 6. The van der Waals surface area contributed by atoms with Gasteiger partial charge in [-0.2, -0.15) is 0 Å². The van der Waals surface area contributed by atoms with E-state index in [4.69, 9.17) is 0 Å². The summed E-state index contributed by atoms with van der Waals surface area (Å²) in [5, 5.41) is 0. The van der Waals surface area contributed by atoms with Crippen LogP contribution < -0.4 is 109 Å². The van der Waals surface area contributed by atoms with Crippen molar-refractivity contribution in [3.05, 3.63) is 0 Å². The van der Waals surface area contributed by atoms with E-state index in [0.717, 1.165) is 39.3 Å². The second-order valence-corrected chi connectivity index (χ2v) is 5.12. The van der Waals surface area contributed by atoms with Crippen LogP contribution in [0.1, 0.15) is 80.1 Å². The molecular weight excluding hydrogens is 513 g/mol. The number of hydrogen-bond donors (Lipinski definition) is 6. The maximum atomic E-state index is 3.60. The molecule has 204 valence electrons. The van der Waals surface area contributed by atoms with Crippen LogP contribution in [0.2, 0.25) is 0 Å². The summed E-state index contributed by atoms with van der Waals surface area (Å²) in [7, 11) is 0. The van der Waals surface area contributed by atoms with Crippen LogP contribution in [0.4, 0.5) is 0 Å². The molecule has 0 aromatic rings. The summed E-state index contributed by atoms with van der Waals surface area (Å²) in [6.45, 7) is 19.1. The van der Waals surface area contributed by atoms with Crippen LogP contribution >= 0.6 is 0 Å². The van der Waals surface area contributed by atoms with E-state index in [1.807, 2.05) is 0 Å². The maximum Gasteiger partial charge on any atom is 0.0737 e. The molecule has 0 spiro atoms. The quantitative estimate of drug-likeness (QED) is 0.178. The number of quaternary nitrogens is 6. The fourth-order valence-electron chi connectivity index (χ4n) is 0. The molecule has 0 rings (SSSR count). The van der Waals surface area contributed by atoms with Crippen LogP contribution in [0.15, 0.2) is 0 Å². The smallest absolute Gasteiger partial charge is 0.0737 e. The highest BCUT2D eigenvalue weighted by Gasteiger charge is 1.61. The molecule has 0 aromatic carbocycles. The predicted molar refractivity (Wildman–Crippen MR) is 108 cm³/mol. The van der Waals surface area contributed by atoms with Gasteiger partial charge in [0.25, 0.3) is 0 Å². The molecule has 0 aliphatic heterocycles. The molecule has 0 fully saturated rings. The first kappa shape index (κ1) is 77.1. The summed E-state index contributed by atoms with van der Waals surface area (Å²) < 4.78 is 0. The van der Waals surface area contributed by atoms with E-state index >= 15 is 0 Å². The normalized spacial score (nSPS) is 6.00. The van der Waals surface area contributed by atoms with Crippen molar-refractivity contribution >= 4 is 0 Å². The third kappa shape index (κ3) is 426. The number of halogens is 6. The van der Waals surface area contributed by atoms with Crippen molar-refractivity contribution in [3.8, 4) is 0 Å². The SMILES string of the molecule is CCC[NH3+].CCC[NH3+].CCC[NH3+].CCC[NH3+].CCC[NH3+].CCC[NH3+].[Cl-].[Cl-].[Cl-].[Cl-].[Cl-].[Cl-]. The average molecular weight is 573 g/mol. The summed E-state index contributed by atoms with van der Waals surface area (Å²) in [6.07, 6.45) is 7.25. The fourth-order valence-corrected chi connectivity index (χ4v) is 0. The van der Waals surface area contributed by atoms with E-state index in [9.17, 15) is 0 Å². The molecule has 0 saturated carbocycles. The molecule has 0 saturated heterocycles. The van der Waals surface area contributed by atoms with E-state index in [1.54, 1.807) is 0 Å². The number of hydrogen-bond acceptors (Lipinski definition) is 0. The first-order valence-electron chi connectivity index (χ1n) is 10.2. The lowest BCUT2D eigenvalue weighted by atomic mass is 10.5. The van der Waals surface area contributed by atoms with Crippen molar-refractivity contribution in [2.24, 2.45) is 0 Å². The molecule has 0 bridgehead atoms. The zero-order valence-corrected chi connectivity index (χ0v) is 25.5. The molecule has 0 heterocycles. The predicted octanol–water partition coefficient (Wildman–Crippen LogP) is -20.1. The molecular formula is C18H60Cl6N6. The Morgan fingerprint density at radius 2 is 0.300 bits per heavy atom. The van der Waals surface area contributed by atoms with Crippen molar-refractivity contribution in [3.63, 3.8) is 0 Å². The van der Waals surface area contributed by atoms with Crippen molar-refractivity contribution in [1.29, 1.82) is 0 Å². The lowest BCUT2D eigenvalue weighted by molar-refractivity contribution is -0.367. The third-order valence-electron chi connectivity index (χ3n) is 2.12. The first-order chi connectivity index (χ1) is 11.5. The highest BCUT2D eigenvalue weighted by molar-refractivity contribution is 4.09. The second kappa shape index (κ2) is 146. The van der Waals surface area contributed by atoms with Crippen LogP contribution in [-0.4, -0.2) is 39.3 Å². The molecule has 0 radical (unpaired) electrons. The largest absolute Gasteiger partial charge is 1.00 e. The summed E-state index contributed by atoms with van der Waals surface area (Å²) in [6, 6.07) is 0. The molecule has 6 nitrogen and oxygen atoms in total. The Balaban J connectivity index is -0.0000000125. The second-order valence-electron chi connectivity index (χ2n) is 5.12. The van der Waals surface area contributed by atoms with Gasteiger partial charge in [-0.05, 0) is 38.5 Å². The highest BCUT2D eigenvalue weighted by atomic mass is 35.5. The van der Waals surface area contributed by atoms with E-state index in [-0.39, 0.29) is 74.4 Å². The molecule has 30 heavy (non-hydrogen) atoms. The minimum Gasteiger partial charge on any atom is -1.00 e. The molecule has 0 amide bonds. The standard InChI is InChI=1S/6C3H9N.6ClH/c6*1-2-3-4;;;;;;/h6*2-4H2,1H3;6*1H. The first-order valence-corrected chi connectivity index (χ1v) is 10.2. The van der Waals surface area contributed by atoms with Crippen LogP contribution in [-0.2, 0) is 0 Å². The minimum atomic E-state index is 0. The lowest BCUT2D eigenvalue weighted by Gasteiger charge is -1.66. The molecule has 0 aromatic heterocycles. The van der Waals surface area contributed by atoms with Crippen LogP contribution in [0.5, 0.6) is 0 Å². The zero-order chi connectivity index (χ0) is 20.5. The van der Waals surface area contributed by atoms with Gasteiger partial charge >= 0.3 is 0 Å². The van der Waals surface area contributed by atoms with Gasteiger partial charge in [-0.1, -0.05) is 41.5 Å². The molecule has 0 aliphatic carbocycles. The maximum absolute atomic E-state index is 3.60. The van der Waals surface area contributed by atoms with Gasteiger partial charge in [0.05, 0.1) is 39.3 Å². The Bertz CT molecular complexity index is 84.1. The van der Waals surface area contributed by atoms with Crippen molar-refractivity contribution in [1.82, 2.24) is 0 Å². The minimum absolute atomic E-state index is 0. The van der Waals surface area contributed by atoms with Crippen LogP contribution in [0.25, 0.3) is 0 Å². The Morgan fingerprint density at radius 3 is 0.300 bits per heavy atom. The highest BCUT2D eigenvalue weighted by Crippen LogP contribution is 1.56. The summed E-state index contributed by atoms with van der Waals surface area (Å²) in [4.78, 5) is 0. The third-order valence-corrected chi connectivity index (χ3v) is 2.12. The molecule has 18 N–H and O–H groups in total. The van der Waals surface area contributed by atoms with E-state index < -0.39 is 0 Å². The fraction of sp³-hybridized carbons (Fsp3) is 1.00. The van der Waals surface area contributed by atoms with Crippen LogP contribution in [0, 0.1) is 0 Å². The van der Waals surface area contributed by atoms with Gasteiger partial charge in [0.1, 0.15) is 0 Å². The van der Waals surface area contributed by atoms with E-state index in [1.165, 1.54) is 38.5 Å². The van der Waals surface area contributed by atoms with Crippen molar-refractivity contribution in [2.75, 3.05) is 39.3 Å².